The Labute approximate surface area is 139 Å². The van der Waals surface area contributed by atoms with Crippen LogP contribution < -0.4 is 5.32 Å². The van der Waals surface area contributed by atoms with Crippen LogP contribution in [0.5, 0.6) is 0 Å². The largest absolute Gasteiger partial charge is 0.368 e. The van der Waals surface area contributed by atoms with Crippen molar-refractivity contribution in [2.45, 2.75) is 57.2 Å². The number of carbonyl (C=O) groups is 1. The van der Waals surface area contributed by atoms with Crippen LogP contribution in [0.25, 0.3) is 0 Å². The molecule has 1 aromatic rings. The molecule has 1 aliphatic carbocycles. The van der Waals surface area contributed by atoms with Gasteiger partial charge in [-0.1, -0.05) is 43.2 Å². The van der Waals surface area contributed by atoms with Crippen molar-refractivity contribution in [1.82, 2.24) is 10.2 Å². The molecule has 0 spiro atoms. The molecule has 2 fully saturated rings. The molecule has 1 aliphatic heterocycles. The summed E-state index contributed by atoms with van der Waals surface area (Å²) in [5.41, 5.74) is 1.34. The lowest BCUT2D eigenvalue weighted by Crippen LogP contribution is -2.39. The number of hydrogen-bond acceptors (Lipinski definition) is 3. The molecule has 1 aromatic carbocycles. The highest BCUT2D eigenvalue weighted by Gasteiger charge is 2.28. The highest BCUT2D eigenvalue weighted by atomic mass is 16.5. The number of benzene rings is 1. The van der Waals surface area contributed by atoms with Crippen LogP contribution in [-0.2, 0) is 9.53 Å². The van der Waals surface area contributed by atoms with Crippen LogP contribution in [0.15, 0.2) is 30.3 Å². The van der Waals surface area contributed by atoms with E-state index in [4.69, 9.17) is 4.74 Å². The monoisotopic (exact) mass is 316 g/mol. The van der Waals surface area contributed by atoms with Gasteiger partial charge in [0.15, 0.2) is 0 Å². The van der Waals surface area contributed by atoms with Crippen LogP contribution in [0.3, 0.4) is 0 Å². The predicted molar refractivity (Wildman–Crippen MR) is 91.2 cm³/mol. The molecule has 0 aromatic heterocycles. The van der Waals surface area contributed by atoms with Gasteiger partial charge in [0, 0.05) is 25.2 Å². The van der Waals surface area contributed by atoms with E-state index >= 15 is 0 Å². The summed E-state index contributed by atoms with van der Waals surface area (Å²) in [6.45, 7) is 4.41. The van der Waals surface area contributed by atoms with Crippen molar-refractivity contribution in [3.63, 3.8) is 0 Å². The molecule has 1 amide bonds. The van der Waals surface area contributed by atoms with Crippen LogP contribution in [0.4, 0.5) is 0 Å². The number of nitrogens with one attached hydrogen (secondary N) is 1. The van der Waals surface area contributed by atoms with Crippen LogP contribution in [0.1, 0.15) is 50.6 Å². The Hall–Kier alpha value is -1.39. The molecule has 126 valence electrons. The average Bonchev–Trinajstić information content (AvgIpc) is 3.25. The minimum absolute atomic E-state index is 0.0381. The number of likely N-dealkylation sites (tertiary alicyclic amines) is 1. The Morgan fingerprint density at radius 2 is 2.00 bits per heavy atom. The molecular formula is C19H28N2O2. The Morgan fingerprint density at radius 3 is 2.74 bits per heavy atom. The van der Waals surface area contributed by atoms with Crippen molar-refractivity contribution in [3.8, 4) is 0 Å². The summed E-state index contributed by atoms with van der Waals surface area (Å²) in [5, 5.41) is 3.13. The molecule has 1 heterocycles. The average molecular weight is 316 g/mol. The lowest BCUT2D eigenvalue weighted by molar-refractivity contribution is -0.128. The maximum Gasteiger partial charge on any atom is 0.246 e. The fourth-order valence-electron chi connectivity index (χ4n) is 3.72. The molecule has 2 unspecified atom stereocenters. The first-order valence-electron chi connectivity index (χ1n) is 8.92. The first-order valence-corrected chi connectivity index (χ1v) is 8.92. The first kappa shape index (κ1) is 16.5. The van der Waals surface area contributed by atoms with Gasteiger partial charge in [-0.3, -0.25) is 9.69 Å². The zero-order valence-corrected chi connectivity index (χ0v) is 14.0. The van der Waals surface area contributed by atoms with Gasteiger partial charge < -0.3 is 10.1 Å². The number of amides is 1. The molecule has 2 aliphatic rings. The molecule has 1 N–H and O–H groups in total. The third kappa shape index (κ3) is 4.55. The minimum Gasteiger partial charge on any atom is -0.368 e. The molecule has 1 saturated heterocycles. The van der Waals surface area contributed by atoms with E-state index in [1.165, 1.54) is 18.4 Å². The molecule has 23 heavy (non-hydrogen) atoms. The number of nitrogens with zero attached hydrogens (tertiary/aromatic N) is 1. The Kier molecular flexibility index (Phi) is 5.68. The van der Waals surface area contributed by atoms with Gasteiger partial charge in [0.05, 0.1) is 6.10 Å². The summed E-state index contributed by atoms with van der Waals surface area (Å²) < 4.78 is 5.69. The van der Waals surface area contributed by atoms with Crippen LogP contribution in [0.2, 0.25) is 0 Å². The molecule has 4 heteroatoms. The lowest BCUT2D eigenvalue weighted by atomic mass is 10.1. The van der Waals surface area contributed by atoms with Gasteiger partial charge in [-0.25, -0.2) is 0 Å². The van der Waals surface area contributed by atoms with E-state index in [0.717, 1.165) is 32.4 Å². The van der Waals surface area contributed by atoms with Crippen molar-refractivity contribution in [1.29, 1.82) is 0 Å². The standard InChI is InChI=1S/C19H28N2O2/c1-15(16-7-3-2-4-8-16)21-12-11-17(13-21)20-19(22)14-23-18-9-5-6-10-18/h2-4,7-8,15,17-18H,5-6,9-14H2,1H3,(H,20,22). The van der Waals surface area contributed by atoms with Gasteiger partial charge in [0.1, 0.15) is 6.61 Å². The maximum absolute atomic E-state index is 12.0. The molecule has 3 rings (SSSR count). The molecule has 1 saturated carbocycles. The van der Waals surface area contributed by atoms with Crippen molar-refractivity contribution in [2.24, 2.45) is 0 Å². The van der Waals surface area contributed by atoms with Gasteiger partial charge in [0.25, 0.3) is 0 Å². The maximum atomic E-state index is 12.0. The van der Waals surface area contributed by atoms with Crippen molar-refractivity contribution in [2.75, 3.05) is 19.7 Å². The lowest BCUT2D eigenvalue weighted by Gasteiger charge is -2.24. The second-order valence-corrected chi connectivity index (χ2v) is 6.85. The quantitative estimate of drug-likeness (QED) is 0.877. The second kappa shape index (κ2) is 7.93. The third-order valence-corrected chi connectivity index (χ3v) is 5.17. The number of hydrogen-bond donors (Lipinski definition) is 1. The fourth-order valence-corrected chi connectivity index (χ4v) is 3.72. The SMILES string of the molecule is CC(c1ccccc1)N1CCC(NC(=O)COC2CCCC2)C1. The van der Waals surface area contributed by atoms with E-state index in [-0.39, 0.29) is 18.6 Å². The summed E-state index contributed by atoms with van der Waals surface area (Å²) in [6, 6.07) is 11.2. The summed E-state index contributed by atoms with van der Waals surface area (Å²) >= 11 is 0. The molecule has 4 nitrogen and oxygen atoms in total. The number of rotatable bonds is 6. The predicted octanol–water partition coefficient (Wildman–Crippen LogP) is 2.90. The highest BCUT2D eigenvalue weighted by Crippen LogP contribution is 2.24. The van der Waals surface area contributed by atoms with E-state index in [2.05, 4.69) is 41.4 Å². The van der Waals surface area contributed by atoms with E-state index in [1.807, 2.05) is 6.07 Å². The fraction of sp³-hybridized carbons (Fsp3) is 0.632. The number of carbonyl (C=O) groups excluding carboxylic acids is 1. The molecule has 0 bridgehead atoms. The molecular weight excluding hydrogens is 288 g/mol. The highest BCUT2D eigenvalue weighted by molar-refractivity contribution is 5.77. The first-order chi connectivity index (χ1) is 11.2. The topological polar surface area (TPSA) is 41.6 Å². The molecule has 0 radical (unpaired) electrons. The van der Waals surface area contributed by atoms with Crippen LogP contribution >= 0.6 is 0 Å². The van der Waals surface area contributed by atoms with E-state index in [0.29, 0.717) is 12.1 Å². The van der Waals surface area contributed by atoms with Gasteiger partial charge in [-0.2, -0.15) is 0 Å². The second-order valence-electron chi connectivity index (χ2n) is 6.85. The zero-order valence-electron chi connectivity index (χ0n) is 14.0. The smallest absolute Gasteiger partial charge is 0.246 e. The van der Waals surface area contributed by atoms with Crippen molar-refractivity contribution < 1.29 is 9.53 Å². The van der Waals surface area contributed by atoms with Crippen LogP contribution in [0, 0.1) is 0 Å². The van der Waals surface area contributed by atoms with Crippen molar-refractivity contribution in [3.05, 3.63) is 35.9 Å². The van der Waals surface area contributed by atoms with Gasteiger partial charge in [0.2, 0.25) is 5.91 Å². The summed E-state index contributed by atoms with van der Waals surface area (Å²) in [4.78, 5) is 14.5. The van der Waals surface area contributed by atoms with E-state index in [1.54, 1.807) is 0 Å². The van der Waals surface area contributed by atoms with Crippen LogP contribution in [-0.4, -0.2) is 42.6 Å². The van der Waals surface area contributed by atoms with E-state index in [9.17, 15) is 4.79 Å². The Bertz CT molecular complexity index is 499. The van der Waals surface area contributed by atoms with Gasteiger partial charge in [-0.05, 0) is 31.7 Å². The van der Waals surface area contributed by atoms with Crippen molar-refractivity contribution >= 4 is 5.91 Å². The summed E-state index contributed by atoms with van der Waals surface area (Å²) in [6.07, 6.45) is 6.02. The van der Waals surface area contributed by atoms with Gasteiger partial charge >= 0.3 is 0 Å². The van der Waals surface area contributed by atoms with E-state index < -0.39 is 0 Å². The number of ether oxygens (including phenoxy) is 1. The Balaban J connectivity index is 1.41. The third-order valence-electron chi connectivity index (χ3n) is 5.17. The molecule has 2 atom stereocenters. The summed E-state index contributed by atoms with van der Waals surface area (Å²) in [5.74, 6) is 0.0381. The summed E-state index contributed by atoms with van der Waals surface area (Å²) in [7, 11) is 0. The van der Waals surface area contributed by atoms with Gasteiger partial charge in [-0.15, -0.1) is 0 Å². The minimum atomic E-state index is 0.0381. The zero-order chi connectivity index (χ0) is 16.1. The Morgan fingerprint density at radius 1 is 1.26 bits per heavy atom. The normalized spacial score (nSPS) is 24.0.